The smallest absolute Gasteiger partial charge is 0.133 e. The molecule has 0 radical (unpaired) electrons. The first-order chi connectivity index (χ1) is 12.8. The Balaban J connectivity index is 1.80. The lowest BCUT2D eigenvalue weighted by Gasteiger charge is -2.09. The van der Waals surface area contributed by atoms with E-state index < -0.39 is 0 Å². The third-order valence-corrected chi connectivity index (χ3v) is 5.05. The molecule has 1 aliphatic rings. The standard InChI is InChI=1S/C21H22ClN3O/c1-26-20-11-3-2-7-15(20)13-19-18-10-4-5-12-23-21(18)25(24-19)17-9-6-8-16(22)14-17/h2-3,6-9,11,14,23H,4-5,10,12-13H2,1H3. The molecule has 0 saturated heterocycles. The first kappa shape index (κ1) is 17.0. The van der Waals surface area contributed by atoms with Gasteiger partial charge in [-0.25, -0.2) is 4.68 Å². The largest absolute Gasteiger partial charge is 0.496 e. The van der Waals surface area contributed by atoms with Crippen molar-refractivity contribution in [1.29, 1.82) is 0 Å². The van der Waals surface area contributed by atoms with Crippen LogP contribution in [0.1, 0.15) is 29.7 Å². The fourth-order valence-corrected chi connectivity index (χ4v) is 3.72. The third kappa shape index (κ3) is 3.29. The molecule has 1 aliphatic heterocycles. The molecule has 1 N–H and O–H groups in total. The molecule has 26 heavy (non-hydrogen) atoms. The molecule has 0 fully saturated rings. The molecule has 2 heterocycles. The Bertz CT molecular complexity index is 919. The number of halogens is 1. The van der Waals surface area contributed by atoms with Gasteiger partial charge in [0.05, 0.1) is 18.5 Å². The van der Waals surface area contributed by atoms with Crippen LogP contribution in [-0.4, -0.2) is 23.4 Å². The SMILES string of the molecule is COc1ccccc1Cc1nn(-c2cccc(Cl)c2)c2c1CCCCN2. The van der Waals surface area contributed by atoms with Crippen molar-refractivity contribution in [3.63, 3.8) is 0 Å². The minimum atomic E-state index is 0.714. The second kappa shape index (κ2) is 7.42. The molecule has 0 saturated carbocycles. The molecule has 5 heteroatoms. The summed E-state index contributed by atoms with van der Waals surface area (Å²) in [5.41, 5.74) is 4.53. The Morgan fingerprint density at radius 2 is 2.04 bits per heavy atom. The zero-order chi connectivity index (χ0) is 17.9. The second-order valence-electron chi connectivity index (χ2n) is 6.54. The average Bonchev–Trinajstić information content (AvgIpc) is 2.83. The predicted molar refractivity (Wildman–Crippen MR) is 106 cm³/mol. The fourth-order valence-electron chi connectivity index (χ4n) is 3.54. The van der Waals surface area contributed by atoms with E-state index in [0.717, 1.165) is 47.9 Å². The minimum absolute atomic E-state index is 0.714. The van der Waals surface area contributed by atoms with Gasteiger partial charge in [0.15, 0.2) is 0 Å². The number of nitrogens with zero attached hydrogens (tertiary/aromatic N) is 2. The molecule has 0 amide bonds. The molecule has 0 unspecified atom stereocenters. The highest BCUT2D eigenvalue weighted by Gasteiger charge is 2.21. The van der Waals surface area contributed by atoms with E-state index in [1.54, 1.807) is 7.11 Å². The summed E-state index contributed by atoms with van der Waals surface area (Å²) in [7, 11) is 1.71. The maximum atomic E-state index is 6.21. The zero-order valence-corrected chi connectivity index (χ0v) is 15.6. The van der Waals surface area contributed by atoms with Gasteiger partial charge in [-0.3, -0.25) is 0 Å². The summed E-state index contributed by atoms with van der Waals surface area (Å²) < 4.78 is 7.52. The maximum Gasteiger partial charge on any atom is 0.133 e. The topological polar surface area (TPSA) is 39.1 Å². The fraction of sp³-hybridized carbons (Fsp3) is 0.286. The predicted octanol–water partition coefficient (Wildman–Crippen LogP) is 4.87. The van der Waals surface area contributed by atoms with Crippen LogP contribution in [0.2, 0.25) is 5.02 Å². The number of aromatic nitrogens is 2. The molecule has 0 spiro atoms. The van der Waals surface area contributed by atoms with Crippen LogP contribution < -0.4 is 10.1 Å². The summed E-state index contributed by atoms with van der Waals surface area (Å²) in [4.78, 5) is 0. The van der Waals surface area contributed by atoms with Crippen LogP contribution in [0.25, 0.3) is 5.69 Å². The number of methoxy groups -OCH3 is 1. The number of rotatable bonds is 4. The van der Waals surface area contributed by atoms with Crippen LogP contribution >= 0.6 is 11.6 Å². The molecule has 4 rings (SSSR count). The van der Waals surface area contributed by atoms with E-state index in [1.807, 2.05) is 47.1 Å². The maximum absolute atomic E-state index is 6.21. The van der Waals surface area contributed by atoms with Crippen LogP contribution in [0, 0.1) is 0 Å². The Hall–Kier alpha value is -2.46. The van der Waals surface area contributed by atoms with Crippen molar-refractivity contribution in [2.45, 2.75) is 25.7 Å². The van der Waals surface area contributed by atoms with E-state index in [1.165, 1.54) is 18.4 Å². The van der Waals surface area contributed by atoms with Gasteiger partial charge in [0, 0.05) is 29.1 Å². The van der Waals surface area contributed by atoms with Gasteiger partial charge in [-0.1, -0.05) is 35.9 Å². The number of ether oxygens (including phenoxy) is 1. The lowest BCUT2D eigenvalue weighted by Crippen LogP contribution is -2.07. The average molecular weight is 368 g/mol. The summed E-state index contributed by atoms with van der Waals surface area (Å²) >= 11 is 6.21. The number of nitrogens with one attached hydrogen (secondary N) is 1. The first-order valence-electron chi connectivity index (χ1n) is 8.99. The summed E-state index contributed by atoms with van der Waals surface area (Å²) in [5, 5.41) is 9.24. The molecular formula is C21H22ClN3O. The van der Waals surface area contributed by atoms with Crippen molar-refractivity contribution in [2.75, 3.05) is 19.0 Å². The highest BCUT2D eigenvalue weighted by Crippen LogP contribution is 2.31. The first-order valence-corrected chi connectivity index (χ1v) is 9.36. The summed E-state index contributed by atoms with van der Waals surface area (Å²) in [5.74, 6) is 2.00. The van der Waals surface area contributed by atoms with Gasteiger partial charge < -0.3 is 10.1 Å². The monoisotopic (exact) mass is 367 g/mol. The van der Waals surface area contributed by atoms with E-state index in [-0.39, 0.29) is 0 Å². The van der Waals surface area contributed by atoms with Crippen molar-refractivity contribution in [3.8, 4) is 11.4 Å². The van der Waals surface area contributed by atoms with E-state index in [4.69, 9.17) is 21.4 Å². The van der Waals surface area contributed by atoms with E-state index >= 15 is 0 Å². The van der Waals surface area contributed by atoms with Gasteiger partial charge in [0.25, 0.3) is 0 Å². The van der Waals surface area contributed by atoms with Gasteiger partial charge in [-0.2, -0.15) is 5.10 Å². The summed E-state index contributed by atoms with van der Waals surface area (Å²) in [6.45, 7) is 0.966. The van der Waals surface area contributed by atoms with Crippen molar-refractivity contribution < 1.29 is 4.74 Å². The highest BCUT2D eigenvalue weighted by atomic mass is 35.5. The molecule has 4 nitrogen and oxygen atoms in total. The molecular weight excluding hydrogens is 346 g/mol. The molecule has 3 aromatic rings. The van der Waals surface area contributed by atoms with Crippen LogP contribution in [-0.2, 0) is 12.8 Å². The van der Waals surface area contributed by atoms with Gasteiger partial charge in [-0.15, -0.1) is 0 Å². The number of benzene rings is 2. The summed E-state index contributed by atoms with van der Waals surface area (Å²) in [6, 6.07) is 16.0. The second-order valence-corrected chi connectivity index (χ2v) is 6.97. The Labute approximate surface area is 158 Å². The van der Waals surface area contributed by atoms with Crippen molar-refractivity contribution >= 4 is 17.4 Å². The third-order valence-electron chi connectivity index (χ3n) is 4.82. The zero-order valence-electron chi connectivity index (χ0n) is 14.8. The lowest BCUT2D eigenvalue weighted by atomic mass is 10.0. The van der Waals surface area contributed by atoms with Crippen LogP contribution in [0.3, 0.4) is 0 Å². The van der Waals surface area contributed by atoms with Gasteiger partial charge in [-0.05, 0) is 43.5 Å². The highest BCUT2D eigenvalue weighted by molar-refractivity contribution is 6.30. The van der Waals surface area contributed by atoms with Crippen LogP contribution in [0.5, 0.6) is 5.75 Å². The van der Waals surface area contributed by atoms with Gasteiger partial charge >= 0.3 is 0 Å². The Morgan fingerprint density at radius 3 is 2.88 bits per heavy atom. The van der Waals surface area contributed by atoms with E-state index in [2.05, 4.69) is 11.4 Å². The number of hydrogen-bond donors (Lipinski definition) is 1. The lowest BCUT2D eigenvalue weighted by molar-refractivity contribution is 0.410. The minimum Gasteiger partial charge on any atom is -0.496 e. The molecule has 134 valence electrons. The van der Waals surface area contributed by atoms with E-state index in [0.29, 0.717) is 5.02 Å². The molecule has 2 aromatic carbocycles. The number of fused-ring (bicyclic) bond motifs is 1. The number of anilines is 1. The van der Waals surface area contributed by atoms with Crippen molar-refractivity contribution in [2.24, 2.45) is 0 Å². The van der Waals surface area contributed by atoms with Crippen LogP contribution in [0.4, 0.5) is 5.82 Å². The Morgan fingerprint density at radius 1 is 1.15 bits per heavy atom. The van der Waals surface area contributed by atoms with Gasteiger partial charge in [0.1, 0.15) is 11.6 Å². The molecule has 0 bridgehead atoms. The van der Waals surface area contributed by atoms with Crippen molar-refractivity contribution in [3.05, 3.63) is 70.4 Å². The van der Waals surface area contributed by atoms with Crippen LogP contribution in [0.15, 0.2) is 48.5 Å². The normalized spacial score (nSPS) is 13.6. The number of para-hydroxylation sites is 1. The molecule has 0 aliphatic carbocycles. The number of hydrogen-bond acceptors (Lipinski definition) is 3. The van der Waals surface area contributed by atoms with Crippen molar-refractivity contribution in [1.82, 2.24) is 9.78 Å². The Kier molecular flexibility index (Phi) is 4.85. The quantitative estimate of drug-likeness (QED) is 0.714. The van der Waals surface area contributed by atoms with E-state index in [9.17, 15) is 0 Å². The van der Waals surface area contributed by atoms with Gasteiger partial charge in [0.2, 0.25) is 0 Å². The molecule has 1 aromatic heterocycles. The molecule has 0 atom stereocenters. The summed E-state index contributed by atoms with van der Waals surface area (Å²) in [6.07, 6.45) is 4.12.